The van der Waals surface area contributed by atoms with Crippen LogP contribution < -0.4 is 0 Å². The summed E-state index contributed by atoms with van der Waals surface area (Å²) in [5.41, 5.74) is 0.854. The second kappa shape index (κ2) is 4.60. The normalized spacial score (nSPS) is 11.2. The Kier molecular flexibility index (Phi) is 3.63. The monoisotopic (exact) mass is 218 g/mol. The van der Waals surface area contributed by atoms with Gasteiger partial charge in [-0.2, -0.15) is 0 Å². The number of ketones is 2. The minimum Gasteiger partial charge on any atom is -0.295 e. The van der Waals surface area contributed by atoms with E-state index >= 15 is 0 Å². The van der Waals surface area contributed by atoms with Crippen LogP contribution >= 0.6 is 0 Å². The van der Waals surface area contributed by atoms with Crippen molar-refractivity contribution in [3.8, 4) is 0 Å². The van der Waals surface area contributed by atoms with E-state index in [0.717, 1.165) is 6.42 Å². The van der Waals surface area contributed by atoms with Crippen LogP contribution in [0.5, 0.6) is 0 Å². The molecule has 0 bridgehead atoms. The number of hydrogen-bond donors (Lipinski definition) is 0. The molecule has 0 aliphatic rings. The molecule has 1 aromatic rings. The van der Waals surface area contributed by atoms with Crippen LogP contribution in [0.3, 0.4) is 0 Å². The number of carbonyl (C=O) groups is 2. The van der Waals surface area contributed by atoms with Gasteiger partial charge in [0.2, 0.25) is 0 Å². The second-order valence-electron chi connectivity index (χ2n) is 4.70. The van der Waals surface area contributed by atoms with Crippen molar-refractivity contribution in [1.82, 2.24) is 0 Å². The van der Waals surface area contributed by atoms with Gasteiger partial charge in [0.15, 0.2) is 11.6 Å². The van der Waals surface area contributed by atoms with E-state index in [1.165, 1.54) is 6.92 Å². The van der Waals surface area contributed by atoms with Gasteiger partial charge in [0.25, 0.3) is 0 Å². The zero-order valence-electron chi connectivity index (χ0n) is 10.3. The molecule has 1 rings (SSSR count). The maximum atomic E-state index is 12.2. The molecule has 0 atom stereocenters. The molecule has 0 aliphatic heterocycles. The van der Waals surface area contributed by atoms with Gasteiger partial charge in [-0.05, 0) is 19.4 Å². The molecule has 0 saturated heterocycles. The third-order valence-electron chi connectivity index (χ3n) is 3.03. The summed E-state index contributed by atoms with van der Waals surface area (Å²) in [5, 5.41) is 0. The van der Waals surface area contributed by atoms with Crippen molar-refractivity contribution in [3.05, 3.63) is 35.4 Å². The van der Waals surface area contributed by atoms with Crippen LogP contribution in [0.1, 0.15) is 54.8 Å². The smallest absolute Gasteiger partial charge is 0.168 e. The lowest BCUT2D eigenvalue weighted by Crippen LogP contribution is -2.23. The largest absolute Gasteiger partial charge is 0.295 e. The van der Waals surface area contributed by atoms with Gasteiger partial charge >= 0.3 is 0 Å². The highest BCUT2D eigenvalue weighted by molar-refractivity contribution is 6.02. The van der Waals surface area contributed by atoms with E-state index in [1.807, 2.05) is 20.8 Å². The molecule has 0 spiro atoms. The van der Waals surface area contributed by atoms with Gasteiger partial charge < -0.3 is 0 Å². The zero-order valence-corrected chi connectivity index (χ0v) is 10.3. The summed E-state index contributed by atoms with van der Waals surface area (Å²) in [4.78, 5) is 23.4. The molecule has 2 heteroatoms. The zero-order chi connectivity index (χ0) is 12.3. The average molecular weight is 218 g/mol. The van der Waals surface area contributed by atoms with Crippen LogP contribution in [-0.4, -0.2) is 11.6 Å². The Morgan fingerprint density at radius 1 is 1.19 bits per heavy atom. The molecule has 1 aromatic carbocycles. The van der Waals surface area contributed by atoms with E-state index in [-0.39, 0.29) is 17.0 Å². The fourth-order valence-electron chi connectivity index (χ4n) is 1.43. The van der Waals surface area contributed by atoms with E-state index < -0.39 is 0 Å². The predicted octanol–water partition coefficient (Wildman–Crippen LogP) is 3.51. The highest BCUT2D eigenvalue weighted by atomic mass is 16.1. The fourth-order valence-corrected chi connectivity index (χ4v) is 1.43. The van der Waals surface area contributed by atoms with E-state index in [0.29, 0.717) is 11.1 Å². The molecular formula is C14H18O2. The van der Waals surface area contributed by atoms with Gasteiger partial charge in [-0.1, -0.05) is 39.0 Å². The molecule has 0 unspecified atom stereocenters. The van der Waals surface area contributed by atoms with E-state index in [2.05, 4.69) is 0 Å². The lowest BCUT2D eigenvalue weighted by atomic mass is 9.81. The first-order valence-corrected chi connectivity index (χ1v) is 5.54. The number of benzene rings is 1. The van der Waals surface area contributed by atoms with Gasteiger partial charge in [0.05, 0.1) is 0 Å². The molecule has 0 heterocycles. The Bertz CT molecular complexity index is 416. The third-order valence-corrected chi connectivity index (χ3v) is 3.03. The Hall–Kier alpha value is -1.44. The van der Waals surface area contributed by atoms with Crippen molar-refractivity contribution in [2.24, 2.45) is 5.41 Å². The lowest BCUT2D eigenvalue weighted by Gasteiger charge is -2.20. The van der Waals surface area contributed by atoms with Crippen molar-refractivity contribution in [2.45, 2.75) is 34.1 Å². The van der Waals surface area contributed by atoms with Gasteiger partial charge in [0.1, 0.15) is 0 Å². The van der Waals surface area contributed by atoms with Gasteiger partial charge in [-0.3, -0.25) is 9.59 Å². The molecule has 0 N–H and O–H groups in total. The van der Waals surface area contributed by atoms with Gasteiger partial charge in [0, 0.05) is 16.5 Å². The number of carbonyl (C=O) groups excluding carboxylic acids is 2. The van der Waals surface area contributed by atoms with Crippen LogP contribution in [0.25, 0.3) is 0 Å². The first-order valence-electron chi connectivity index (χ1n) is 5.54. The SMILES string of the molecule is CCC(C)(C)C(=O)c1cccc(C(C)=O)c1. The van der Waals surface area contributed by atoms with Crippen molar-refractivity contribution >= 4 is 11.6 Å². The van der Waals surface area contributed by atoms with Gasteiger partial charge in [-0.25, -0.2) is 0 Å². The Balaban J connectivity index is 3.10. The Morgan fingerprint density at radius 3 is 2.25 bits per heavy atom. The first-order chi connectivity index (χ1) is 7.38. The molecule has 0 aliphatic carbocycles. The summed E-state index contributed by atoms with van der Waals surface area (Å²) in [5.74, 6) is 0.0852. The molecule has 0 saturated carbocycles. The number of hydrogen-bond acceptors (Lipinski definition) is 2. The highest BCUT2D eigenvalue weighted by Crippen LogP contribution is 2.25. The summed E-state index contributed by atoms with van der Waals surface area (Å²) in [6.45, 7) is 7.35. The van der Waals surface area contributed by atoms with Crippen LogP contribution in [0.2, 0.25) is 0 Å². The molecule has 0 radical (unpaired) electrons. The molecule has 16 heavy (non-hydrogen) atoms. The summed E-state index contributed by atoms with van der Waals surface area (Å²) < 4.78 is 0. The second-order valence-corrected chi connectivity index (χ2v) is 4.70. The lowest BCUT2D eigenvalue weighted by molar-refractivity contribution is 0.0833. The molecular weight excluding hydrogens is 200 g/mol. The van der Waals surface area contributed by atoms with Crippen molar-refractivity contribution in [1.29, 1.82) is 0 Å². The van der Waals surface area contributed by atoms with E-state index in [9.17, 15) is 9.59 Å². The minimum atomic E-state index is -0.366. The predicted molar refractivity (Wildman–Crippen MR) is 64.8 cm³/mol. The third kappa shape index (κ3) is 2.57. The summed E-state index contributed by atoms with van der Waals surface area (Å²) in [7, 11) is 0. The fraction of sp³-hybridized carbons (Fsp3) is 0.429. The average Bonchev–Trinajstić information content (AvgIpc) is 2.28. The first kappa shape index (κ1) is 12.6. The van der Waals surface area contributed by atoms with Crippen LogP contribution in [-0.2, 0) is 0 Å². The van der Waals surface area contributed by atoms with Crippen molar-refractivity contribution in [3.63, 3.8) is 0 Å². The highest BCUT2D eigenvalue weighted by Gasteiger charge is 2.26. The molecule has 0 aromatic heterocycles. The molecule has 0 amide bonds. The van der Waals surface area contributed by atoms with Crippen LogP contribution in [0, 0.1) is 5.41 Å². The molecule has 2 nitrogen and oxygen atoms in total. The maximum absolute atomic E-state index is 12.2. The van der Waals surface area contributed by atoms with Gasteiger partial charge in [-0.15, -0.1) is 0 Å². The topological polar surface area (TPSA) is 34.1 Å². The summed E-state index contributed by atoms with van der Waals surface area (Å²) in [6, 6.07) is 6.95. The summed E-state index contributed by atoms with van der Waals surface area (Å²) in [6.07, 6.45) is 0.788. The van der Waals surface area contributed by atoms with Crippen molar-refractivity contribution in [2.75, 3.05) is 0 Å². The number of Topliss-reactive ketones (excluding diaryl/α,β-unsaturated/α-hetero) is 2. The van der Waals surface area contributed by atoms with E-state index in [4.69, 9.17) is 0 Å². The van der Waals surface area contributed by atoms with Crippen LogP contribution in [0.4, 0.5) is 0 Å². The Morgan fingerprint density at radius 2 is 1.75 bits per heavy atom. The van der Waals surface area contributed by atoms with Crippen molar-refractivity contribution < 1.29 is 9.59 Å². The van der Waals surface area contributed by atoms with Crippen LogP contribution in [0.15, 0.2) is 24.3 Å². The maximum Gasteiger partial charge on any atom is 0.168 e. The Labute approximate surface area is 96.7 Å². The quantitative estimate of drug-likeness (QED) is 0.725. The molecule has 86 valence electrons. The molecule has 0 fully saturated rings. The number of rotatable bonds is 4. The summed E-state index contributed by atoms with van der Waals surface area (Å²) >= 11 is 0. The van der Waals surface area contributed by atoms with E-state index in [1.54, 1.807) is 24.3 Å². The minimum absolute atomic E-state index is 0.0102. The standard InChI is InChI=1S/C14H18O2/c1-5-14(3,4)13(16)12-8-6-7-11(9-12)10(2)15/h6-9H,5H2,1-4H3.